The molecule has 3 nitrogen and oxygen atoms in total. The van der Waals surface area contributed by atoms with Gasteiger partial charge < -0.3 is 0 Å². The zero-order valence-electron chi connectivity index (χ0n) is 4.85. The summed E-state index contributed by atoms with van der Waals surface area (Å²) >= 11 is 0. The van der Waals surface area contributed by atoms with Crippen molar-refractivity contribution in [2.75, 3.05) is 0 Å². The molecule has 1 atom stereocenters. The van der Waals surface area contributed by atoms with Crippen LogP contribution >= 0.6 is 0 Å². The summed E-state index contributed by atoms with van der Waals surface area (Å²) in [5.74, 6) is 0. The quantitative estimate of drug-likeness (QED) is 0.606. The molecule has 0 spiro atoms. The fraction of sp³-hybridized carbons (Fsp3) is 0.750. The van der Waals surface area contributed by atoms with Crippen LogP contribution in [-0.4, -0.2) is 18.8 Å². The Morgan fingerprint density at radius 1 is 1.60 bits per heavy atom. The molecular formula is C4H5F3N2O. The number of alkyl halides is 3. The van der Waals surface area contributed by atoms with Gasteiger partial charge in [0.15, 0.2) is 6.23 Å². The molecule has 6 heteroatoms. The van der Waals surface area contributed by atoms with Gasteiger partial charge in [-0.3, -0.25) is 10.2 Å². The Hall–Kier alpha value is -0.780. The minimum atomic E-state index is -4.58. The second-order valence-corrected chi connectivity index (χ2v) is 1.73. The number of nitrogens with zero attached hydrogens (tertiary/aromatic N) is 1. The van der Waals surface area contributed by atoms with Crippen LogP contribution in [0.1, 0.15) is 6.42 Å². The summed E-state index contributed by atoms with van der Waals surface area (Å²) in [4.78, 5) is 0. The van der Waals surface area contributed by atoms with E-state index in [-0.39, 0.29) is 6.42 Å². The van der Waals surface area contributed by atoms with Gasteiger partial charge in [0, 0.05) is 12.6 Å². The van der Waals surface area contributed by atoms with E-state index in [1.165, 1.54) is 6.21 Å². The summed E-state index contributed by atoms with van der Waals surface area (Å²) in [5, 5.41) is 3.35. The third kappa shape index (κ3) is 2.22. The first-order valence-electron chi connectivity index (χ1n) is 2.59. The number of hydrazone groups is 1. The van der Waals surface area contributed by atoms with Crippen molar-refractivity contribution >= 4 is 6.21 Å². The fourth-order valence-corrected chi connectivity index (χ4v) is 0.573. The highest BCUT2D eigenvalue weighted by Crippen LogP contribution is 2.19. The Bertz CT molecular complexity index is 136. The van der Waals surface area contributed by atoms with E-state index in [1.54, 1.807) is 0 Å². The second kappa shape index (κ2) is 2.45. The van der Waals surface area contributed by atoms with Crippen LogP contribution in [0.3, 0.4) is 0 Å². The maximum Gasteiger partial charge on any atom is 0.524 e. The Morgan fingerprint density at radius 3 is 2.70 bits per heavy atom. The number of ether oxygens (including phenoxy) is 1. The molecule has 10 heavy (non-hydrogen) atoms. The van der Waals surface area contributed by atoms with Crippen molar-refractivity contribution in [3.63, 3.8) is 0 Å². The Labute approximate surface area is 54.9 Å². The van der Waals surface area contributed by atoms with Gasteiger partial charge in [-0.25, -0.2) is 0 Å². The Kier molecular flexibility index (Phi) is 1.80. The molecule has 0 saturated carbocycles. The Morgan fingerprint density at radius 2 is 2.30 bits per heavy atom. The lowest BCUT2D eigenvalue weighted by Crippen LogP contribution is -2.30. The van der Waals surface area contributed by atoms with Crippen LogP contribution in [0, 0.1) is 0 Å². The first kappa shape index (κ1) is 7.33. The van der Waals surface area contributed by atoms with Crippen molar-refractivity contribution in [3.8, 4) is 0 Å². The van der Waals surface area contributed by atoms with E-state index in [2.05, 4.69) is 15.3 Å². The monoisotopic (exact) mass is 154 g/mol. The zero-order chi connectivity index (χ0) is 7.61. The molecule has 58 valence electrons. The molecular weight excluding hydrogens is 149 g/mol. The van der Waals surface area contributed by atoms with Crippen LogP contribution in [0.5, 0.6) is 0 Å². The SMILES string of the molecule is FC(F)(F)OC1CC=NN1. The first-order chi connectivity index (χ1) is 4.58. The number of rotatable bonds is 1. The predicted octanol–water partition coefficient (Wildman–Crippen LogP) is 0.828. The van der Waals surface area contributed by atoms with Gasteiger partial charge in [0.05, 0.1) is 0 Å². The normalized spacial score (nSPS) is 24.9. The minimum Gasteiger partial charge on any atom is -0.282 e. The highest BCUT2D eigenvalue weighted by atomic mass is 19.4. The zero-order valence-corrected chi connectivity index (χ0v) is 4.85. The number of halogens is 3. The van der Waals surface area contributed by atoms with E-state index in [0.717, 1.165) is 0 Å². The lowest BCUT2D eigenvalue weighted by atomic mass is 10.4. The number of hydrogen-bond donors (Lipinski definition) is 1. The van der Waals surface area contributed by atoms with E-state index in [0.29, 0.717) is 0 Å². The number of nitrogens with one attached hydrogen (secondary N) is 1. The van der Waals surface area contributed by atoms with Gasteiger partial charge in [-0.05, 0) is 0 Å². The van der Waals surface area contributed by atoms with E-state index >= 15 is 0 Å². The van der Waals surface area contributed by atoms with Gasteiger partial charge in [0.1, 0.15) is 0 Å². The standard InChI is InChI=1S/C4H5F3N2O/c5-4(6,7)10-3-1-2-8-9-3/h2-3,9H,1H2. The van der Waals surface area contributed by atoms with Crippen molar-refractivity contribution in [3.05, 3.63) is 0 Å². The molecule has 1 N–H and O–H groups in total. The van der Waals surface area contributed by atoms with Gasteiger partial charge in [0.25, 0.3) is 0 Å². The smallest absolute Gasteiger partial charge is 0.282 e. The lowest BCUT2D eigenvalue weighted by molar-refractivity contribution is -0.344. The van der Waals surface area contributed by atoms with Gasteiger partial charge in [-0.15, -0.1) is 13.2 Å². The van der Waals surface area contributed by atoms with Gasteiger partial charge in [-0.1, -0.05) is 0 Å². The Balaban J connectivity index is 2.26. The van der Waals surface area contributed by atoms with E-state index in [9.17, 15) is 13.2 Å². The number of hydrogen-bond acceptors (Lipinski definition) is 3. The molecule has 0 radical (unpaired) electrons. The van der Waals surface area contributed by atoms with Crippen molar-refractivity contribution < 1.29 is 17.9 Å². The maximum atomic E-state index is 11.4. The van der Waals surface area contributed by atoms with Crippen molar-refractivity contribution in [1.29, 1.82) is 0 Å². The van der Waals surface area contributed by atoms with E-state index < -0.39 is 12.6 Å². The maximum absolute atomic E-state index is 11.4. The van der Waals surface area contributed by atoms with Crippen LogP contribution in [0.25, 0.3) is 0 Å². The third-order valence-electron chi connectivity index (χ3n) is 0.905. The van der Waals surface area contributed by atoms with Crippen molar-refractivity contribution in [2.45, 2.75) is 19.0 Å². The average molecular weight is 154 g/mol. The summed E-state index contributed by atoms with van der Waals surface area (Å²) in [5.41, 5.74) is 2.14. The molecule has 0 bridgehead atoms. The molecule has 1 rings (SSSR count). The molecule has 1 aliphatic rings. The van der Waals surface area contributed by atoms with Gasteiger partial charge in [0.2, 0.25) is 0 Å². The highest BCUT2D eigenvalue weighted by Gasteiger charge is 2.34. The predicted molar refractivity (Wildman–Crippen MR) is 27.2 cm³/mol. The molecule has 0 aromatic carbocycles. The van der Waals surface area contributed by atoms with Crippen molar-refractivity contribution in [1.82, 2.24) is 5.43 Å². The molecule has 1 aliphatic heterocycles. The van der Waals surface area contributed by atoms with Crippen LogP contribution in [0.2, 0.25) is 0 Å². The fourth-order valence-electron chi connectivity index (χ4n) is 0.573. The van der Waals surface area contributed by atoms with Crippen LogP contribution in [0.4, 0.5) is 13.2 Å². The molecule has 0 saturated heterocycles. The third-order valence-corrected chi connectivity index (χ3v) is 0.905. The van der Waals surface area contributed by atoms with Crippen LogP contribution in [0.15, 0.2) is 5.10 Å². The van der Waals surface area contributed by atoms with Crippen molar-refractivity contribution in [2.24, 2.45) is 5.10 Å². The highest BCUT2D eigenvalue weighted by molar-refractivity contribution is 5.59. The van der Waals surface area contributed by atoms with Gasteiger partial charge in [-0.2, -0.15) is 5.10 Å². The summed E-state index contributed by atoms with van der Waals surface area (Å²) in [6.45, 7) is 0. The van der Waals surface area contributed by atoms with Gasteiger partial charge >= 0.3 is 6.36 Å². The van der Waals surface area contributed by atoms with E-state index in [4.69, 9.17) is 0 Å². The average Bonchev–Trinajstić information content (AvgIpc) is 2.12. The largest absolute Gasteiger partial charge is 0.524 e. The van der Waals surface area contributed by atoms with Crippen LogP contribution < -0.4 is 5.43 Å². The lowest BCUT2D eigenvalue weighted by Gasteiger charge is -2.12. The molecule has 0 aliphatic carbocycles. The molecule has 0 fully saturated rings. The minimum absolute atomic E-state index is 0.152. The summed E-state index contributed by atoms with van der Waals surface area (Å²) in [6.07, 6.45) is -4.14. The van der Waals surface area contributed by atoms with E-state index in [1.807, 2.05) is 0 Å². The molecule has 1 heterocycles. The first-order valence-corrected chi connectivity index (χ1v) is 2.59. The molecule has 0 aromatic heterocycles. The molecule has 0 aromatic rings. The summed E-state index contributed by atoms with van der Waals surface area (Å²) in [7, 11) is 0. The summed E-state index contributed by atoms with van der Waals surface area (Å²) in [6, 6.07) is 0. The summed E-state index contributed by atoms with van der Waals surface area (Å²) < 4.78 is 37.7. The van der Waals surface area contributed by atoms with Crippen LogP contribution in [-0.2, 0) is 4.74 Å². The second-order valence-electron chi connectivity index (χ2n) is 1.73. The molecule has 0 amide bonds. The topological polar surface area (TPSA) is 33.6 Å². The molecule has 1 unspecified atom stereocenters.